The van der Waals surface area contributed by atoms with E-state index < -0.39 is 11.1 Å². The first-order chi connectivity index (χ1) is 11.6. The molecule has 0 aromatic carbocycles. The molecule has 1 aromatic heterocycles. The number of rotatable bonds is 5. The molecule has 1 aliphatic carbocycles. The van der Waals surface area contributed by atoms with Crippen LogP contribution in [-0.2, 0) is 16.1 Å². The Morgan fingerprint density at radius 1 is 1.08 bits per heavy atom. The van der Waals surface area contributed by atoms with Gasteiger partial charge in [0.15, 0.2) is 0 Å². The molecule has 2 fully saturated rings. The summed E-state index contributed by atoms with van der Waals surface area (Å²) in [6.07, 6.45) is 10.4. The Morgan fingerprint density at radius 2 is 1.88 bits per heavy atom. The maximum absolute atomic E-state index is 12.3. The highest BCUT2D eigenvalue weighted by molar-refractivity contribution is 5.75. The van der Waals surface area contributed by atoms with Crippen molar-refractivity contribution in [3.63, 3.8) is 0 Å². The van der Waals surface area contributed by atoms with E-state index in [1.54, 1.807) is 17.0 Å². The molecule has 1 unspecified atom stereocenters. The minimum atomic E-state index is -0.629. The molecule has 1 saturated heterocycles. The average Bonchev–Trinajstić information content (AvgIpc) is 3.12. The number of nitrogens with one attached hydrogen (secondary N) is 1. The SMILES string of the molecule is O=C(Cn1ccn(C2CCCCC2)c(=O)c1=O)NCC1CCCO1. The number of amides is 1. The summed E-state index contributed by atoms with van der Waals surface area (Å²) in [6, 6.07) is 0.113. The van der Waals surface area contributed by atoms with Gasteiger partial charge in [-0.15, -0.1) is 0 Å². The molecular weight excluding hydrogens is 310 g/mol. The van der Waals surface area contributed by atoms with Gasteiger partial charge in [0.05, 0.1) is 6.10 Å². The van der Waals surface area contributed by atoms with Gasteiger partial charge in [0.25, 0.3) is 0 Å². The fraction of sp³-hybridized carbons (Fsp3) is 0.706. The number of carbonyl (C=O) groups excluding carboxylic acids is 1. The summed E-state index contributed by atoms with van der Waals surface area (Å²) >= 11 is 0. The first-order valence-corrected chi connectivity index (χ1v) is 8.85. The maximum atomic E-state index is 12.3. The van der Waals surface area contributed by atoms with Crippen LogP contribution in [0.25, 0.3) is 0 Å². The Bertz CT molecular complexity index is 682. The second kappa shape index (κ2) is 7.79. The molecule has 2 heterocycles. The van der Waals surface area contributed by atoms with Gasteiger partial charge in [-0.2, -0.15) is 0 Å². The van der Waals surface area contributed by atoms with E-state index in [9.17, 15) is 14.4 Å². The minimum Gasteiger partial charge on any atom is -0.376 e. The third-order valence-corrected chi connectivity index (χ3v) is 4.92. The summed E-state index contributed by atoms with van der Waals surface area (Å²) in [5, 5.41) is 2.77. The van der Waals surface area contributed by atoms with Crippen LogP contribution in [0.1, 0.15) is 51.0 Å². The van der Waals surface area contributed by atoms with E-state index >= 15 is 0 Å². The van der Waals surface area contributed by atoms with Gasteiger partial charge in [0.2, 0.25) is 5.91 Å². The van der Waals surface area contributed by atoms with E-state index in [4.69, 9.17) is 4.74 Å². The normalized spacial score (nSPS) is 21.8. The molecule has 3 rings (SSSR count). The van der Waals surface area contributed by atoms with Crippen LogP contribution in [-0.4, -0.2) is 34.3 Å². The average molecular weight is 335 g/mol. The van der Waals surface area contributed by atoms with Gasteiger partial charge in [-0.3, -0.25) is 19.0 Å². The molecule has 1 aliphatic heterocycles. The minimum absolute atomic E-state index is 0.0602. The van der Waals surface area contributed by atoms with Crippen molar-refractivity contribution in [2.45, 2.75) is 63.6 Å². The first kappa shape index (κ1) is 17.0. The lowest BCUT2D eigenvalue weighted by Gasteiger charge is -2.23. The van der Waals surface area contributed by atoms with Gasteiger partial charge < -0.3 is 14.6 Å². The Hall–Kier alpha value is -1.89. The summed E-state index contributed by atoms with van der Waals surface area (Å²) < 4.78 is 8.17. The number of hydrogen-bond acceptors (Lipinski definition) is 4. The molecule has 1 N–H and O–H groups in total. The Kier molecular flexibility index (Phi) is 5.50. The second-order valence-electron chi connectivity index (χ2n) is 6.67. The van der Waals surface area contributed by atoms with Crippen LogP contribution < -0.4 is 16.4 Å². The van der Waals surface area contributed by atoms with Crippen molar-refractivity contribution in [1.82, 2.24) is 14.5 Å². The molecule has 7 nitrogen and oxygen atoms in total. The van der Waals surface area contributed by atoms with Crippen LogP contribution >= 0.6 is 0 Å². The number of aromatic nitrogens is 2. The Balaban J connectivity index is 1.63. The molecular formula is C17H25N3O4. The van der Waals surface area contributed by atoms with Crippen LogP contribution in [0.3, 0.4) is 0 Å². The van der Waals surface area contributed by atoms with Crippen molar-refractivity contribution >= 4 is 5.91 Å². The Morgan fingerprint density at radius 3 is 2.58 bits per heavy atom. The van der Waals surface area contributed by atoms with Crippen LogP contribution in [0.15, 0.2) is 22.0 Å². The molecule has 1 saturated carbocycles. The topological polar surface area (TPSA) is 82.3 Å². The van der Waals surface area contributed by atoms with Gasteiger partial charge in [0.1, 0.15) is 6.54 Å². The number of nitrogens with zero attached hydrogens (tertiary/aromatic N) is 2. The van der Waals surface area contributed by atoms with Crippen molar-refractivity contribution in [3.8, 4) is 0 Å². The predicted molar refractivity (Wildman–Crippen MR) is 89.1 cm³/mol. The molecule has 1 aromatic rings. The number of hydrogen-bond donors (Lipinski definition) is 1. The highest BCUT2D eigenvalue weighted by Gasteiger charge is 2.19. The third-order valence-electron chi connectivity index (χ3n) is 4.92. The molecule has 7 heteroatoms. The van der Waals surface area contributed by atoms with Gasteiger partial charge in [-0.1, -0.05) is 19.3 Å². The summed E-state index contributed by atoms with van der Waals surface area (Å²) in [5.41, 5.74) is -1.16. The number of ether oxygens (including phenoxy) is 1. The standard InChI is InChI=1S/C17H25N3O4/c21-15(18-11-14-7-4-10-24-14)12-19-8-9-20(17(23)16(19)22)13-5-2-1-3-6-13/h8-9,13-14H,1-7,10-12H2,(H,18,21). The fourth-order valence-corrected chi connectivity index (χ4v) is 3.54. The largest absolute Gasteiger partial charge is 0.376 e. The molecule has 0 bridgehead atoms. The molecule has 24 heavy (non-hydrogen) atoms. The number of carbonyl (C=O) groups is 1. The van der Waals surface area contributed by atoms with Gasteiger partial charge >= 0.3 is 11.1 Å². The van der Waals surface area contributed by atoms with Crippen LogP contribution in [0.5, 0.6) is 0 Å². The molecule has 2 aliphatic rings. The summed E-state index contributed by atoms with van der Waals surface area (Å²) in [5.74, 6) is -0.276. The van der Waals surface area contributed by atoms with E-state index in [2.05, 4.69) is 5.32 Å². The zero-order valence-electron chi connectivity index (χ0n) is 13.9. The first-order valence-electron chi connectivity index (χ1n) is 8.85. The van der Waals surface area contributed by atoms with E-state index in [0.29, 0.717) is 6.54 Å². The molecule has 1 atom stereocenters. The van der Waals surface area contributed by atoms with E-state index in [-0.39, 0.29) is 24.6 Å². The smallest absolute Gasteiger partial charge is 0.316 e. The molecule has 132 valence electrons. The van der Waals surface area contributed by atoms with E-state index in [0.717, 1.165) is 45.1 Å². The maximum Gasteiger partial charge on any atom is 0.316 e. The zero-order chi connectivity index (χ0) is 16.9. The van der Waals surface area contributed by atoms with Crippen LogP contribution in [0, 0.1) is 0 Å². The highest BCUT2D eigenvalue weighted by atomic mass is 16.5. The summed E-state index contributed by atoms with van der Waals surface area (Å²) in [7, 11) is 0. The monoisotopic (exact) mass is 335 g/mol. The molecule has 1 amide bonds. The van der Waals surface area contributed by atoms with E-state index in [1.807, 2.05) is 0 Å². The van der Waals surface area contributed by atoms with Crippen molar-refractivity contribution in [3.05, 3.63) is 33.1 Å². The predicted octanol–water partition coefficient (Wildman–Crippen LogP) is 0.810. The molecule has 0 radical (unpaired) electrons. The fourth-order valence-electron chi connectivity index (χ4n) is 3.54. The highest BCUT2D eigenvalue weighted by Crippen LogP contribution is 2.26. The van der Waals surface area contributed by atoms with Gasteiger partial charge in [0, 0.05) is 31.6 Å². The Labute approximate surface area is 140 Å². The lowest BCUT2D eigenvalue weighted by molar-refractivity contribution is -0.122. The lowest BCUT2D eigenvalue weighted by Crippen LogP contribution is -2.44. The van der Waals surface area contributed by atoms with Crippen LogP contribution in [0.2, 0.25) is 0 Å². The second-order valence-corrected chi connectivity index (χ2v) is 6.67. The van der Waals surface area contributed by atoms with Gasteiger partial charge in [-0.05, 0) is 25.7 Å². The third kappa shape index (κ3) is 3.95. The molecule has 0 spiro atoms. The van der Waals surface area contributed by atoms with Crippen LogP contribution in [0.4, 0.5) is 0 Å². The summed E-state index contributed by atoms with van der Waals surface area (Å²) in [4.78, 5) is 36.6. The van der Waals surface area contributed by atoms with Crippen molar-refractivity contribution in [2.24, 2.45) is 0 Å². The quantitative estimate of drug-likeness (QED) is 0.807. The lowest BCUT2D eigenvalue weighted by atomic mass is 9.95. The summed E-state index contributed by atoms with van der Waals surface area (Å²) in [6.45, 7) is 1.05. The van der Waals surface area contributed by atoms with E-state index in [1.165, 1.54) is 11.0 Å². The van der Waals surface area contributed by atoms with Crippen molar-refractivity contribution < 1.29 is 9.53 Å². The van der Waals surface area contributed by atoms with Crippen molar-refractivity contribution in [2.75, 3.05) is 13.2 Å². The zero-order valence-corrected chi connectivity index (χ0v) is 13.9. The van der Waals surface area contributed by atoms with Crippen molar-refractivity contribution in [1.29, 1.82) is 0 Å². The van der Waals surface area contributed by atoms with Gasteiger partial charge in [-0.25, -0.2) is 0 Å².